The van der Waals surface area contributed by atoms with Crippen LogP contribution in [0.3, 0.4) is 0 Å². The number of carboxylic acids is 1. The van der Waals surface area contributed by atoms with E-state index < -0.39 is 67.7 Å². The average molecular weight is 1280 g/mol. The first kappa shape index (κ1) is 69.4. The Morgan fingerprint density at radius 3 is 1.41 bits per heavy atom. The van der Waals surface area contributed by atoms with E-state index >= 15 is 0 Å². The zero-order valence-electron chi connectivity index (χ0n) is 45.9. The minimum atomic E-state index is -1.73. The Hall–Kier alpha value is -8.05. The number of hydrogen-bond donors (Lipinski definition) is 5. The summed E-state index contributed by atoms with van der Waals surface area (Å²) in [5.41, 5.74) is 9.53. The number of rotatable bonds is 27. The minimum Gasteiger partial charge on any atom is -0.479 e. The molecule has 456 valence electrons. The van der Waals surface area contributed by atoms with Crippen molar-refractivity contribution in [2.45, 2.75) is 65.2 Å². The summed E-state index contributed by atoms with van der Waals surface area (Å²) >= 11 is 29.8. The fourth-order valence-electron chi connectivity index (χ4n) is 6.55. The third kappa shape index (κ3) is 25.0. The number of aliphatic hydroxyl groups excluding tert-OH is 2. The zero-order chi connectivity index (χ0) is 62.6. The van der Waals surface area contributed by atoms with Gasteiger partial charge in [0.25, 0.3) is 11.8 Å². The van der Waals surface area contributed by atoms with E-state index in [1.165, 1.54) is 34.6 Å². The van der Waals surface area contributed by atoms with E-state index in [0.29, 0.717) is 25.7 Å². The van der Waals surface area contributed by atoms with E-state index in [1.807, 2.05) is 24.3 Å². The molecule has 6 rings (SSSR count). The molecule has 2 heterocycles. The molecule has 0 aliphatic heterocycles. The van der Waals surface area contributed by atoms with E-state index in [1.54, 1.807) is 88.4 Å². The standard InChI is InChI=1S/C27H29Cl2N5O8.C22H21Cl2N5O5.C5H9ClO3/c1-4-11-41-34-14-23(30-32-34)25(36)31-33(15-24(35)26(37)39-16-40-27(38)42-17(2)3)13-18-5-7-19(8-6-18)21-12-20(28)9-10-22(21)29;1-2-9-34-29-12-19(25-27-29)21(31)26-28(13-20(30)22(32)33)11-14-3-5-15(6-4-14)17-10-16(23)7-8-18(17)24;1-4(2)9-5(7)8-3-6/h4-10,12,14,17,24,35H,1,11,13,15-16H2,2-3H3,(H,31,36);2-8,10,12,20,30H,1,9,11,13H2,(H,26,31)(H,32,33);4H,3H2,1-2H3/t24-;20-;/m11./s1. The number of nitrogens with zero attached hydrogens (tertiary/aromatic N) is 8. The average Bonchev–Trinajstić information content (AvgIpc) is 4.19. The maximum Gasteiger partial charge on any atom is 0.511 e. The number of amides is 2. The molecule has 0 saturated carbocycles. The third-order valence-corrected chi connectivity index (χ3v) is 11.5. The number of carboxylic acid groups (broad SMARTS) is 1. The Labute approximate surface area is 512 Å². The second-order valence-electron chi connectivity index (χ2n) is 17.6. The van der Waals surface area contributed by atoms with Gasteiger partial charge in [-0.2, -0.15) is 0 Å². The van der Waals surface area contributed by atoms with Crippen LogP contribution in [0.25, 0.3) is 22.3 Å². The summed E-state index contributed by atoms with van der Waals surface area (Å²) in [4.78, 5) is 83.1. The molecule has 0 spiro atoms. The molecule has 31 heteroatoms. The number of hydrazine groups is 2. The van der Waals surface area contributed by atoms with Gasteiger partial charge in [-0.25, -0.2) is 29.2 Å². The zero-order valence-corrected chi connectivity index (χ0v) is 49.7. The van der Waals surface area contributed by atoms with Gasteiger partial charge >= 0.3 is 24.2 Å². The van der Waals surface area contributed by atoms with Crippen LogP contribution in [0.2, 0.25) is 20.1 Å². The smallest absolute Gasteiger partial charge is 0.479 e. The van der Waals surface area contributed by atoms with Crippen LogP contribution < -0.4 is 20.5 Å². The van der Waals surface area contributed by atoms with Gasteiger partial charge in [-0.05, 0) is 96.8 Å². The lowest BCUT2D eigenvalue weighted by Crippen LogP contribution is -2.47. The van der Waals surface area contributed by atoms with Crippen LogP contribution >= 0.6 is 58.0 Å². The maximum atomic E-state index is 12.9. The maximum absolute atomic E-state index is 12.9. The third-order valence-electron chi connectivity index (χ3n) is 10.3. The number of aliphatic carboxylic acids is 1. The van der Waals surface area contributed by atoms with Crippen molar-refractivity contribution in [2.75, 3.05) is 39.2 Å². The molecule has 6 aromatic rings. The first-order valence-electron chi connectivity index (χ1n) is 25.0. The molecule has 0 fully saturated rings. The number of alkyl halides is 1. The Bertz CT molecular complexity index is 3170. The molecule has 4 aromatic carbocycles. The highest BCUT2D eigenvalue weighted by atomic mass is 35.5. The number of halogens is 5. The van der Waals surface area contributed by atoms with Crippen LogP contribution in [0.1, 0.15) is 59.8 Å². The van der Waals surface area contributed by atoms with Crippen molar-refractivity contribution in [1.29, 1.82) is 0 Å². The van der Waals surface area contributed by atoms with Crippen molar-refractivity contribution < 1.29 is 77.4 Å². The number of benzene rings is 4. The Balaban J connectivity index is 0.000000323. The van der Waals surface area contributed by atoms with Gasteiger partial charge in [0.2, 0.25) is 6.79 Å². The predicted molar refractivity (Wildman–Crippen MR) is 310 cm³/mol. The van der Waals surface area contributed by atoms with E-state index in [2.05, 4.69) is 58.8 Å². The largest absolute Gasteiger partial charge is 0.511 e. The summed E-state index contributed by atoms with van der Waals surface area (Å²) in [6.07, 6.45) is -0.289. The molecule has 0 saturated heterocycles. The first-order chi connectivity index (χ1) is 40.5. The van der Waals surface area contributed by atoms with E-state index in [-0.39, 0.29) is 56.4 Å². The summed E-state index contributed by atoms with van der Waals surface area (Å²) in [6, 6.07) is 24.5. The molecule has 85 heavy (non-hydrogen) atoms. The fourth-order valence-corrected chi connectivity index (χ4v) is 7.43. The normalized spacial score (nSPS) is 11.4. The van der Waals surface area contributed by atoms with Gasteiger partial charge in [-0.3, -0.25) is 20.4 Å². The van der Waals surface area contributed by atoms with Crippen LogP contribution in [-0.4, -0.2) is 155 Å². The van der Waals surface area contributed by atoms with Crippen LogP contribution in [0.4, 0.5) is 9.59 Å². The predicted octanol–water partition coefficient (Wildman–Crippen LogP) is 7.64. The van der Waals surface area contributed by atoms with E-state index in [4.69, 9.17) is 82.3 Å². The summed E-state index contributed by atoms with van der Waals surface area (Å²) < 4.78 is 23.0. The lowest BCUT2D eigenvalue weighted by atomic mass is 10.0. The van der Waals surface area contributed by atoms with Gasteiger partial charge in [0.1, 0.15) is 25.6 Å². The molecule has 5 N–H and O–H groups in total. The summed E-state index contributed by atoms with van der Waals surface area (Å²) in [6.45, 7) is 12.7. The van der Waals surface area contributed by atoms with Crippen LogP contribution in [-0.2, 0) is 46.4 Å². The quantitative estimate of drug-likeness (QED) is 0.00826. The van der Waals surface area contributed by atoms with Crippen molar-refractivity contribution in [3.05, 3.63) is 165 Å². The lowest BCUT2D eigenvalue weighted by molar-refractivity contribution is -0.164. The lowest BCUT2D eigenvalue weighted by Gasteiger charge is -2.24. The van der Waals surface area contributed by atoms with Crippen molar-refractivity contribution in [3.63, 3.8) is 0 Å². The van der Waals surface area contributed by atoms with Crippen molar-refractivity contribution in [1.82, 2.24) is 51.2 Å². The van der Waals surface area contributed by atoms with E-state index in [0.717, 1.165) is 37.5 Å². The molecule has 2 amide bonds. The molecular formula is C54H59Cl5N10O16. The number of nitrogens with one attached hydrogen (secondary N) is 2. The Kier molecular flexibility index (Phi) is 29.4. The second-order valence-corrected chi connectivity index (χ2v) is 19.6. The number of esters is 1. The number of carbonyl (C=O) groups excluding carboxylic acids is 5. The van der Waals surface area contributed by atoms with Crippen molar-refractivity contribution in [3.8, 4) is 22.3 Å². The van der Waals surface area contributed by atoms with Gasteiger partial charge in [-0.15, -0.1) is 10.2 Å². The van der Waals surface area contributed by atoms with Gasteiger partial charge in [0.15, 0.2) is 29.7 Å². The molecule has 0 aliphatic rings. The SMILES string of the molecule is C=CCOn1cc(C(=O)NN(Cc2ccc(-c3cc(Cl)ccc3Cl)cc2)C[C@@H](O)C(=O)O)nn1.C=CCOn1cc(C(=O)NN(Cc2ccc(-c3cc(Cl)ccc3Cl)cc2)C[C@@H](O)C(=O)OCOC(=O)OC(C)C)nn1.CC(C)OC(=O)OCCl. The molecular weight excluding hydrogens is 1220 g/mol. The van der Waals surface area contributed by atoms with E-state index in [9.17, 15) is 39.0 Å². The summed E-state index contributed by atoms with van der Waals surface area (Å²) in [5.74, 6) is -3.87. The molecule has 2 atom stereocenters. The van der Waals surface area contributed by atoms with Crippen LogP contribution in [0, 0.1) is 0 Å². The van der Waals surface area contributed by atoms with Gasteiger partial charge in [-0.1, -0.05) is 142 Å². The molecule has 0 radical (unpaired) electrons. The highest BCUT2D eigenvalue weighted by Crippen LogP contribution is 2.32. The number of aromatic nitrogens is 6. The Morgan fingerprint density at radius 1 is 0.612 bits per heavy atom. The van der Waals surface area contributed by atoms with Crippen molar-refractivity contribution in [2.24, 2.45) is 0 Å². The highest BCUT2D eigenvalue weighted by Gasteiger charge is 2.25. The van der Waals surface area contributed by atoms with Gasteiger partial charge < -0.3 is 48.7 Å². The monoisotopic (exact) mass is 1280 g/mol. The number of carbonyl (C=O) groups is 6. The van der Waals surface area contributed by atoms with Crippen LogP contribution in [0.15, 0.2) is 123 Å². The molecule has 2 aromatic heterocycles. The Morgan fingerprint density at radius 2 is 1.02 bits per heavy atom. The van der Waals surface area contributed by atoms with Gasteiger partial charge in [0.05, 0.1) is 25.3 Å². The summed E-state index contributed by atoms with van der Waals surface area (Å²) in [5, 5.41) is 48.9. The number of hydrogen-bond acceptors (Lipinski definition) is 21. The van der Waals surface area contributed by atoms with Gasteiger partial charge in [0, 0.05) is 44.3 Å². The molecule has 26 nitrogen and oxygen atoms in total. The molecule has 0 bridgehead atoms. The fraction of sp³-hybridized carbons (Fsp3) is 0.296. The second kappa shape index (κ2) is 35.9. The summed E-state index contributed by atoms with van der Waals surface area (Å²) in [7, 11) is 0. The molecule has 0 unspecified atom stereocenters. The molecule has 0 aliphatic carbocycles. The van der Waals surface area contributed by atoms with Crippen molar-refractivity contribution >= 4 is 94.1 Å². The topological polar surface area (TPSA) is 320 Å². The first-order valence-corrected chi connectivity index (χ1v) is 27.1. The number of ether oxygens (including phenoxy) is 5. The number of aliphatic hydroxyl groups is 2. The highest BCUT2D eigenvalue weighted by molar-refractivity contribution is 6.36. The van der Waals surface area contributed by atoms with Crippen LogP contribution in [0.5, 0.6) is 0 Å². The minimum absolute atomic E-state index is 0.0535.